The number of aromatic nitrogens is 3. The molecule has 12 heteroatoms. The molecule has 2 aromatic carbocycles. The number of rotatable bonds is 4. The van der Waals surface area contributed by atoms with Gasteiger partial charge in [0.1, 0.15) is 22.8 Å². The van der Waals surface area contributed by atoms with Crippen LogP contribution in [0.5, 0.6) is 11.5 Å². The van der Waals surface area contributed by atoms with Gasteiger partial charge < -0.3 is 24.9 Å². The molecule has 2 aliphatic rings. The lowest BCUT2D eigenvalue weighted by Crippen LogP contribution is -2.60. The van der Waals surface area contributed by atoms with Gasteiger partial charge in [-0.3, -0.25) is 14.3 Å². The van der Waals surface area contributed by atoms with Crippen LogP contribution in [0.25, 0.3) is 27.7 Å². The first kappa shape index (κ1) is 31.0. The number of carbonyl (C=O) groups excluding carboxylic acids is 1. The predicted molar refractivity (Wildman–Crippen MR) is 173 cm³/mol. The third-order valence-corrected chi connectivity index (χ3v) is 9.11. The number of aromatic hydroxyl groups is 2. The number of hydrogen-bond acceptors (Lipinski definition) is 8. The summed E-state index contributed by atoms with van der Waals surface area (Å²) in [5.41, 5.74) is -0.741. The lowest BCUT2D eigenvalue weighted by Gasteiger charge is -2.47. The van der Waals surface area contributed by atoms with E-state index in [1.54, 1.807) is 36.0 Å². The fourth-order valence-electron chi connectivity index (χ4n) is 6.86. The molecule has 0 bridgehead atoms. The Hall–Kier alpha value is -5.00. The fourth-order valence-corrected chi connectivity index (χ4v) is 6.86. The fraction of sp³-hybridized carbons (Fsp3) is 0.353. The van der Waals surface area contributed by atoms with Gasteiger partial charge in [0.2, 0.25) is 5.91 Å². The monoisotopic (exact) mass is 630 g/mol. The minimum atomic E-state index is -1.15. The summed E-state index contributed by atoms with van der Waals surface area (Å²) in [6, 6.07) is 4.89. The zero-order valence-corrected chi connectivity index (χ0v) is 26.4. The zero-order valence-electron chi connectivity index (χ0n) is 26.4. The minimum Gasteiger partial charge on any atom is -0.507 e. The first-order valence-corrected chi connectivity index (χ1v) is 15.2. The van der Waals surface area contributed by atoms with E-state index >= 15 is 8.78 Å². The number of piperazine rings is 1. The van der Waals surface area contributed by atoms with Crippen molar-refractivity contribution in [2.75, 3.05) is 36.5 Å². The molecule has 2 aliphatic heterocycles. The summed E-state index contributed by atoms with van der Waals surface area (Å²) in [7, 11) is 1.66. The van der Waals surface area contributed by atoms with E-state index in [1.165, 1.54) is 24.3 Å². The quantitative estimate of drug-likeness (QED) is 0.303. The summed E-state index contributed by atoms with van der Waals surface area (Å²) < 4.78 is 35.5. The van der Waals surface area contributed by atoms with Crippen LogP contribution in [0.2, 0.25) is 0 Å². The molecule has 2 N–H and O–H groups in total. The van der Waals surface area contributed by atoms with E-state index in [0.717, 1.165) is 4.57 Å². The third kappa shape index (κ3) is 4.65. The number of pyridine rings is 1. The van der Waals surface area contributed by atoms with E-state index in [2.05, 4.69) is 16.5 Å². The van der Waals surface area contributed by atoms with Gasteiger partial charge in [-0.15, -0.1) is 0 Å². The Bertz CT molecular complexity index is 1960. The van der Waals surface area contributed by atoms with Gasteiger partial charge in [-0.1, -0.05) is 26.5 Å². The van der Waals surface area contributed by atoms with E-state index < -0.39 is 40.0 Å². The second kappa shape index (κ2) is 11.4. The summed E-state index contributed by atoms with van der Waals surface area (Å²) in [6.07, 6.45) is 3.33. The van der Waals surface area contributed by atoms with Crippen LogP contribution in [-0.4, -0.2) is 74.3 Å². The van der Waals surface area contributed by atoms with Crippen molar-refractivity contribution in [2.45, 2.75) is 52.1 Å². The summed E-state index contributed by atoms with van der Waals surface area (Å²) in [4.78, 5) is 41.3. The largest absolute Gasteiger partial charge is 0.507 e. The summed E-state index contributed by atoms with van der Waals surface area (Å²) in [5, 5.41) is 21.7. The molecule has 0 saturated carbocycles. The molecule has 1 saturated heterocycles. The van der Waals surface area contributed by atoms with Crippen LogP contribution in [0.1, 0.15) is 44.4 Å². The van der Waals surface area contributed by atoms with E-state index in [0.29, 0.717) is 36.5 Å². The van der Waals surface area contributed by atoms with E-state index in [4.69, 9.17) is 0 Å². The van der Waals surface area contributed by atoms with Crippen LogP contribution < -0.4 is 15.5 Å². The number of phenolic OH excluding ortho intramolecular Hbond substituents is 2. The highest BCUT2D eigenvalue weighted by Crippen LogP contribution is 2.48. The molecular weight excluding hydrogens is 594 g/mol. The maximum absolute atomic E-state index is 17.4. The lowest BCUT2D eigenvalue weighted by atomic mass is 9.95. The molecule has 46 heavy (non-hydrogen) atoms. The van der Waals surface area contributed by atoms with Gasteiger partial charge in [0.15, 0.2) is 11.6 Å². The second-order valence-corrected chi connectivity index (χ2v) is 12.4. The molecule has 1 amide bonds. The number of aryl methyl sites for hydroxylation is 1. The van der Waals surface area contributed by atoms with Crippen molar-refractivity contribution in [1.29, 1.82) is 0 Å². The highest BCUT2D eigenvalue weighted by molar-refractivity contribution is 6.06. The van der Waals surface area contributed by atoms with E-state index in [-0.39, 0.29) is 52.9 Å². The molecule has 0 aliphatic carbocycles. The van der Waals surface area contributed by atoms with Crippen molar-refractivity contribution in [3.8, 4) is 28.3 Å². The maximum Gasteiger partial charge on any atom is 0.354 e. The Kier molecular flexibility index (Phi) is 7.69. The Labute approximate surface area is 264 Å². The Morgan fingerprint density at radius 3 is 2.43 bits per heavy atom. The normalized spacial score (nSPS) is 18.0. The van der Waals surface area contributed by atoms with Crippen molar-refractivity contribution in [3.05, 3.63) is 76.5 Å². The average molecular weight is 631 g/mol. The third-order valence-electron chi connectivity index (χ3n) is 9.11. The number of fused-ring (bicyclic) bond motifs is 2. The second-order valence-electron chi connectivity index (χ2n) is 12.4. The molecule has 0 radical (unpaired) electrons. The van der Waals surface area contributed by atoms with Gasteiger partial charge in [0.05, 0.1) is 33.6 Å². The molecule has 2 atom stereocenters. The standard InChI is InChI=1S/C34H36F2N6O4/c1-7-23(45)40-16-20-12-14-39(6)31-26-32(28(36)25(27(31)35)24-21(43)9-8-10-22(24)44)42(30-18(4)11-13-37-29(30)17(2)3)34(46)38-33(26)41(20)15-19(40)5/h7-11,13,17,19-20,43-44H,1,12,14-16H2,2-6H3. The number of amides is 1. The Morgan fingerprint density at radius 1 is 1.09 bits per heavy atom. The SMILES string of the molecule is C=CC(=O)N1CC2CCN(C)c3c(F)c(-c4c(O)cccc4O)c(F)c4c3c(nc(=O)n4-c3c(C)ccnc3C(C)C)N2CC1C. The number of hydrogen-bond donors (Lipinski definition) is 2. The van der Waals surface area contributed by atoms with Crippen molar-refractivity contribution in [2.24, 2.45) is 0 Å². The maximum atomic E-state index is 17.4. The lowest BCUT2D eigenvalue weighted by molar-refractivity contribution is -0.128. The topological polar surface area (TPSA) is 115 Å². The first-order chi connectivity index (χ1) is 21.9. The Balaban J connectivity index is 1.80. The van der Waals surface area contributed by atoms with Gasteiger partial charge >= 0.3 is 5.69 Å². The van der Waals surface area contributed by atoms with Crippen molar-refractivity contribution >= 4 is 28.3 Å². The molecule has 240 valence electrons. The number of carbonyl (C=O) groups is 1. The van der Waals surface area contributed by atoms with Crippen LogP contribution in [0.4, 0.5) is 20.3 Å². The molecule has 0 spiro atoms. The van der Waals surface area contributed by atoms with Crippen LogP contribution in [0.15, 0.2) is 47.9 Å². The van der Waals surface area contributed by atoms with Gasteiger partial charge in [0.25, 0.3) is 0 Å². The highest BCUT2D eigenvalue weighted by atomic mass is 19.1. The molecule has 4 heterocycles. The zero-order chi connectivity index (χ0) is 33.2. The number of halogens is 2. The molecule has 10 nitrogen and oxygen atoms in total. The first-order valence-electron chi connectivity index (χ1n) is 15.2. The number of benzene rings is 2. The number of anilines is 2. The number of nitrogens with zero attached hydrogens (tertiary/aromatic N) is 6. The van der Waals surface area contributed by atoms with Crippen LogP contribution in [0.3, 0.4) is 0 Å². The van der Waals surface area contributed by atoms with E-state index in [9.17, 15) is 19.8 Å². The highest BCUT2D eigenvalue weighted by Gasteiger charge is 2.40. The molecule has 2 unspecified atom stereocenters. The smallest absolute Gasteiger partial charge is 0.354 e. The van der Waals surface area contributed by atoms with Gasteiger partial charge in [-0.2, -0.15) is 4.98 Å². The van der Waals surface area contributed by atoms with Crippen molar-refractivity contribution < 1.29 is 23.8 Å². The molecule has 1 fully saturated rings. The molecule has 4 aromatic rings. The summed E-state index contributed by atoms with van der Waals surface area (Å²) in [5.74, 6) is -3.53. The van der Waals surface area contributed by atoms with Crippen molar-refractivity contribution in [1.82, 2.24) is 19.4 Å². The average Bonchev–Trinajstić information content (AvgIpc) is 3.00. The summed E-state index contributed by atoms with van der Waals surface area (Å²) in [6.45, 7) is 11.9. The van der Waals surface area contributed by atoms with Gasteiger partial charge in [-0.25, -0.2) is 13.6 Å². The molecule has 6 rings (SSSR count). The Morgan fingerprint density at radius 2 is 1.78 bits per heavy atom. The molecule has 2 aromatic heterocycles. The predicted octanol–water partition coefficient (Wildman–Crippen LogP) is 5.00. The minimum absolute atomic E-state index is 0.0337. The molecular formula is C34H36F2N6O4. The summed E-state index contributed by atoms with van der Waals surface area (Å²) >= 11 is 0. The van der Waals surface area contributed by atoms with Gasteiger partial charge in [0, 0.05) is 45.0 Å². The van der Waals surface area contributed by atoms with E-state index in [1.807, 2.05) is 25.7 Å². The van der Waals surface area contributed by atoms with Crippen LogP contribution in [0, 0.1) is 18.6 Å². The van der Waals surface area contributed by atoms with Gasteiger partial charge in [-0.05, 0) is 56.0 Å². The van der Waals surface area contributed by atoms with Crippen LogP contribution in [-0.2, 0) is 4.79 Å². The van der Waals surface area contributed by atoms with Crippen LogP contribution >= 0.6 is 0 Å². The van der Waals surface area contributed by atoms with Crippen molar-refractivity contribution in [3.63, 3.8) is 0 Å². The number of phenols is 2.